The second-order valence-corrected chi connectivity index (χ2v) is 8.30. The SMILES string of the molecule is CC(=O)c1cc2c(cc1OC(=O)c1ccc([N+](=O)[O-])cc1)c(C(C)=O)c(C)n2-c1ccc(C)cc1. The van der Waals surface area contributed by atoms with Gasteiger partial charge in [0.15, 0.2) is 11.6 Å². The van der Waals surface area contributed by atoms with Crippen LogP contribution in [0.1, 0.15) is 56.2 Å². The Kier molecular flexibility index (Phi) is 6.05. The third-order valence-corrected chi connectivity index (χ3v) is 5.85. The van der Waals surface area contributed by atoms with Crippen LogP contribution in [0.15, 0.2) is 60.7 Å². The number of Topliss-reactive ketones (excluding diaryl/α,β-unsaturated/α-hetero) is 2. The second-order valence-electron chi connectivity index (χ2n) is 8.30. The molecule has 0 amide bonds. The van der Waals surface area contributed by atoms with Crippen LogP contribution in [0, 0.1) is 24.0 Å². The molecule has 8 nitrogen and oxygen atoms in total. The Morgan fingerprint density at radius 1 is 0.886 bits per heavy atom. The van der Waals surface area contributed by atoms with Crippen LogP contribution in [0.25, 0.3) is 16.6 Å². The molecule has 0 spiro atoms. The van der Waals surface area contributed by atoms with Gasteiger partial charge in [-0.3, -0.25) is 19.7 Å². The average molecular weight is 470 g/mol. The molecule has 0 radical (unpaired) electrons. The molecule has 0 fully saturated rings. The Bertz CT molecular complexity index is 1510. The van der Waals surface area contributed by atoms with Crippen LogP contribution < -0.4 is 4.74 Å². The summed E-state index contributed by atoms with van der Waals surface area (Å²) in [4.78, 5) is 48.2. The Balaban J connectivity index is 1.88. The summed E-state index contributed by atoms with van der Waals surface area (Å²) >= 11 is 0. The molecule has 1 heterocycles. The number of nitro benzene ring substituents is 1. The van der Waals surface area contributed by atoms with E-state index in [9.17, 15) is 24.5 Å². The molecule has 0 unspecified atom stereocenters. The van der Waals surface area contributed by atoms with Crippen molar-refractivity contribution in [2.24, 2.45) is 0 Å². The molecule has 0 N–H and O–H groups in total. The Labute approximate surface area is 200 Å². The van der Waals surface area contributed by atoms with Crippen LogP contribution in [0.4, 0.5) is 5.69 Å². The maximum absolute atomic E-state index is 12.8. The summed E-state index contributed by atoms with van der Waals surface area (Å²) in [5, 5.41) is 11.4. The maximum atomic E-state index is 12.8. The summed E-state index contributed by atoms with van der Waals surface area (Å²) in [5.41, 5.74) is 3.81. The highest BCUT2D eigenvalue weighted by Gasteiger charge is 2.23. The minimum atomic E-state index is -0.777. The minimum Gasteiger partial charge on any atom is -0.422 e. The lowest BCUT2D eigenvalue weighted by Crippen LogP contribution is -2.11. The Morgan fingerprint density at radius 2 is 1.51 bits per heavy atom. The van der Waals surface area contributed by atoms with Gasteiger partial charge in [-0.1, -0.05) is 17.7 Å². The first-order chi connectivity index (χ1) is 16.6. The van der Waals surface area contributed by atoms with Gasteiger partial charge in [-0.15, -0.1) is 0 Å². The number of ketones is 2. The van der Waals surface area contributed by atoms with Crippen LogP contribution in [0.2, 0.25) is 0 Å². The average Bonchev–Trinajstić information content (AvgIpc) is 3.10. The van der Waals surface area contributed by atoms with E-state index in [0.717, 1.165) is 11.3 Å². The third kappa shape index (κ3) is 4.33. The van der Waals surface area contributed by atoms with Gasteiger partial charge in [0.2, 0.25) is 0 Å². The molecule has 0 saturated carbocycles. The number of aromatic nitrogens is 1. The van der Waals surface area contributed by atoms with Gasteiger partial charge in [0.05, 0.1) is 21.6 Å². The first kappa shape index (κ1) is 23.6. The highest BCUT2D eigenvalue weighted by molar-refractivity contribution is 6.12. The van der Waals surface area contributed by atoms with Crippen molar-refractivity contribution in [3.05, 3.63) is 98.7 Å². The molecule has 35 heavy (non-hydrogen) atoms. The maximum Gasteiger partial charge on any atom is 0.343 e. The van der Waals surface area contributed by atoms with Gasteiger partial charge < -0.3 is 9.30 Å². The molecule has 0 aliphatic carbocycles. The van der Waals surface area contributed by atoms with E-state index in [1.165, 1.54) is 44.2 Å². The number of nitro groups is 1. The van der Waals surface area contributed by atoms with Crippen molar-refractivity contribution < 1.29 is 24.0 Å². The monoisotopic (exact) mass is 470 g/mol. The number of carbonyl (C=O) groups is 3. The van der Waals surface area contributed by atoms with E-state index in [1.54, 1.807) is 6.07 Å². The van der Waals surface area contributed by atoms with Crippen molar-refractivity contribution in [2.45, 2.75) is 27.7 Å². The molecule has 0 saturated heterocycles. The highest BCUT2D eigenvalue weighted by atomic mass is 16.6. The Morgan fingerprint density at radius 3 is 2.06 bits per heavy atom. The van der Waals surface area contributed by atoms with Crippen LogP contribution in [-0.4, -0.2) is 27.0 Å². The summed E-state index contributed by atoms with van der Waals surface area (Å²) < 4.78 is 7.46. The van der Waals surface area contributed by atoms with Crippen LogP contribution in [0.5, 0.6) is 5.75 Å². The minimum absolute atomic E-state index is 0.0110. The number of non-ortho nitro benzene ring substituents is 1. The van der Waals surface area contributed by atoms with Gasteiger partial charge in [-0.2, -0.15) is 0 Å². The number of hydrogen-bond acceptors (Lipinski definition) is 6. The number of ether oxygens (including phenoxy) is 1. The van der Waals surface area contributed by atoms with E-state index in [1.807, 2.05) is 42.7 Å². The van der Waals surface area contributed by atoms with Crippen LogP contribution >= 0.6 is 0 Å². The summed E-state index contributed by atoms with van der Waals surface area (Å²) in [6.45, 7) is 6.63. The summed E-state index contributed by atoms with van der Waals surface area (Å²) in [7, 11) is 0. The van der Waals surface area contributed by atoms with Gasteiger partial charge in [0, 0.05) is 34.5 Å². The van der Waals surface area contributed by atoms with E-state index in [-0.39, 0.29) is 34.1 Å². The first-order valence-corrected chi connectivity index (χ1v) is 10.8. The van der Waals surface area contributed by atoms with Crippen molar-refractivity contribution in [3.8, 4) is 11.4 Å². The number of benzene rings is 3. The lowest BCUT2D eigenvalue weighted by atomic mass is 10.0. The molecule has 176 valence electrons. The normalized spacial score (nSPS) is 10.9. The van der Waals surface area contributed by atoms with Gasteiger partial charge in [0.1, 0.15) is 5.75 Å². The van der Waals surface area contributed by atoms with Crippen molar-refractivity contribution in [1.29, 1.82) is 0 Å². The molecule has 0 aliphatic rings. The molecule has 3 aromatic carbocycles. The van der Waals surface area contributed by atoms with Crippen molar-refractivity contribution in [3.63, 3.8) is 0 Å². The molecule has 8 heteroatoms. The fraction of sp³-hybridized carbons (Fsp3) is 0.148. The lowest BCUT2D eigenvalue weighted by molar-refractivity contribution is -0.384. The van der Waals surface area contributed by atoms with E-state index in [4.69, 9.17) is 4.74 Å². The second kappa shape index (κ2) is 8.98. The van der Waals surface area contributed by atoms with Crippen molar-refractivity contribution >= 4 is 34.1 Å². The van der Waals surface area contributed by atoms with Crippen LogP contribution in [-0.2, 0) is 0 Å². The molecular weight excluding hydrogens is 448 g/mol. The van der Waals surface area contributed by atoms with Gasteiger partial charge >= 0.3 is 5.97 Å². The smallest absolute Gasteiger partial charge is 0.343 e. The number of nitrogens with zero attached hydrogens (tertiary/aromatic N) is 2. The number of esters is 1. The van der Waals surface area contributed by atoms with Crippen LogP contribution in [0.3, 0.4) is 0 Å². The number of carbonyl (C=O) groups excluding carboxylic acids is 3. The summed E-state index contributed by atoms with van der Waals surface area (Å²) in [6, 6.07) is 15.9. The first-order valence-electron chi connectivity index (χ1n) is 10.8. The fourth-order valence-electron chi connectivity index (χ4n) is 4.15. The van der Waals surface area contributed by atoms with E-state index in [0.29, 0.717) is 22.2 Å². The zero-order chi connectivity index (χ0) is 25.4. The molecule has 4 aromatic rings. The predicted molar refractivity (Wildman–Crippen MR) is 131 cm³/mol. The zero-order valence-electron chi connectivity index (χ0n) is 19.6. The Hall–Kier alpha value is -4.59. The van der Waals surface area contributed by atoms with Gasteiger partial charge in [-0.05, 0) is 64.1 Å². The van der Waals surface area contributed by atoms with E-state index in [2.05, 4.69) is 0 Å². The zero-order valence-corrected chi connectivity index (χ0v) is 19.6. The highest BCUT2D eigenvalue weighted by Crippen LogP contribution is 2.35. The molecule has 4 rings (SSSR count). The van der Waals surface area contributed by atoms with Gasteiger partial charge in [0.25, 0.3) is 5.69 Å². The largest absolute Gasteiger partial charge is 0.422 e. The summed E-state index contributed by atoms with van der Waals surface area (Å²) in [5.74, 6) is -1.25. The molecular formula is C27H22N2O6. The van der Waals surface area contributed by atoms with Gasteiger partial charge in [-0.25, -0.2) is 4.79 Å². The van der Waals surface area contributed by atoms with E-state index >= 15 is 0 Å². The lowest BCUT2D eigenvalue weighted by Gasteiger charge is -2.12. The predicted octanol–water partition coefficient (Wildman–Crippen LogP) is 5.78. The molecule has 1 aromatic heterocycles. The standard InChI is InChI=1S/C27H22N2O6/c1-15-5-9-20(10-6-15)28-16(2)26(18(4)31)23-14-25(22(17(3)30)13-24(23)28)35-27(32)19-7-11-21(12-8-19)29(33)34/h5-14H,1-4H3. The third-order valence-electron chi connectivity index (χ3n) is 5.85. The fourth-order valence-corrected chi connectivity index (χ4v) is 4.15. The topological polar surface area (TPSA) is 109 Å². The molecule has 0 aliphatic heterocycles. The number of hydrogen-bond donors (Lipinski definition) is 0. The number of fused-ring (bicyclic) bond motifs is 1. The number of aryl methyl sites for hydroxylation is 1. The van der Waals surface area contributed by atoms with Crippen molar-refractivity contribution in [1.82, 2.24) is 4.57 Å². The van der Waals surface area contributed by atoms with Crippen molar-refractivity contribution in [2.75, 3.05) is 0 Å². The number of rotatable bonds is 6. The molecule has 0 bridgehead atoms. The quantitative estimate of drug-likeness (QED) is 0.116. The molecule has 0 atom stereocenters. The van der Waals surface area contributed by atoms with E-state index < -0.39 is 10.9 Å². The summed E-state index contributed by atoms with van der Waals surface area (Å²) in [6.07, 6.45) is 0.